The highest BCUT2D eigenvalue weighted by atomic mass is 16.5. The van der Waals surface area contributed by atoms with Crippen molar-refractivity contribution in [3.63, 3.8) is 0 Å². The van der Waals surface area contributed by atoms with E-state index in [2.05, 4.69) is 29.8 Å². The molecule has 1 saturated carbocycles. The van der Waals surface area contributed by atoms with Gasteiger partial charge < -0.3 is 25.6 Å². The maximum atomic E-state index is 13.3. The van der Waals surface area contributed by atoms with Crippen LogP contribution in [0, 0.1) is 22.7 Å². The van der Waals surface area contributed by atoms with E-state index in [0.717, 1.165) is 12.0 Å². The molecule has 0 bridgehead atoms. The average Bonchev–Trinajstić information content (AvgIpc) is 3.20. The maximum absolute atomic E-state index is 13.3. The Kier molecular flexibility index (Phi) is 6.51. The number of rotatable bonds is 8. The SMILES string of the molecule is CNC(=O)C(NC(=O)C1CNCC12CN(C(=O)C1CC1(C)C)C2)C(C)OCc1ccccc1. The standard InChI is InChI=1S/C25H36N4O4/c1-16(33-12-17-8-6-5-7-9-17)20(22(31)26-4)28-21(30)19-11-27-13-25(19)14-29(15-25)23(32)18-10-24(18,2)3/h5-9,16,18-20,27H,10-15H2,1-4H3,(H,26,31)(H,28,30). The molecule has 4 atom stereocenters. The number of carbonyl (C=O) groups is 3. The summed E-state index contributed by atoms with van der Waals surface area (Å²) in [5.74, 6) is -0.422. The van der Waals surface area contributed by atoms with Crippen molar-refractivity contribution in [1.29, 1.82) is 0 Å². The van der Waals surface area contributed by atoms with Gasteiger partial charge >= 0.3 is 0 Å². The summed E-state index contributed by atoms with van der Waals surface area (Å²) in [4.78, 5) is 40.5. The van der Waals surface area contributed by atoms with Crippen LogP contribution in [0.15, 0.2) is 30.3 Å². The van der Waals surface area contributed by atoms with Crippen LogP contribution in [0.5, 0.6) is 0 Å². The first-order valence-corrected chi connectivity index (χ1v) is 11.8. The van der Waals surface area contributed by atoms with Gasteiger partial charge in [-0.05, 0) is 24.3 Å². The van der Waals surface area contributed by atoms with Crippen molar-refractivity contribution < 1.29 is 19.1 Å². The normalized spacial score (nSPS) is 26.2. The number of likely N-dealkylation sites (N-methyl/N-ethyl adjacent to an activating group) is 1. The van der Waals surface area contributed by atoms with Crippen LogP contribution in [0.4, 0.5) is 0 Å². The van der Waals surface area contributed by atoms with E-state index in [0.29, 0.717) is 32.8 Å². The summed E-state index contributed by atoms with van der Waals surface area (Å²) in [7, 11) is 1.55. The zero-order valence-electron chi connectivity index (χ0n) is 20.0. The van der Waals surface area contributed by atoms with Crippen molar-refractivity contribution in [3.05, 3.63) is 35.9 Å². The maximum Gasteiger partial charge on any atom is 0.245 e. The first-order valence-electron chi connectivity index (χ1n) is 11.8. The summed E-state index contributed by atoms with van der Waals surface area (Å²) < 4.78 is 5.93. The van der Waals surface area contributed by atoms with E-state index in [9.17, 15) is 14.4 Å². The van der Waals surface area contributed by atoms with Crippen molar-refractivity contribution in [2.75, 3.05) is 33.2 Å². The fraction of sp³-hybridized carbons (Fsp3) is 0.640. The largest absolute Gasteiger partial charge is 0.371 e. The molecular formula is C25H36N4O4. The highest BCUT2D eigenvalue weighted by Crippen LogP contribution is 2.54. The Bertz CT molecular complexity index is 897. The lowest BCUT2D eigenvalue weighted by atomic mass is 9.70. The Hall–Kier alpha value is -2.45. The highest BCUT2D eigenvalue weighted by Gasteiger charge is 2.60. The molecule has 3 aliphatic rings. The molecule has 2 heterocycles. The number of ether oxygens (including phenoxy) is 1. The molecule has 33 heavy (non-hydrogen) atoms. The van der Waals surface area contributed by atoms with E-state index in [-0.39, 0.29) is 40.4 Å². The van der Waals surface area contributed by atoms with Crippen molar-refractivity contribution in [1.82, 2.24) is 20.9 Å². The van der Waals surface area contributed by atoms with E-state index in [1.54, 1.807) is 14.0 Å². The van der Waals surface area contributed by atoms with Crippen LogP contribution >= 0.6 is 0 Å². The predicted octanol–water partition coefficient (Wildman–Crippen LogP) is 0.917. The quantitative estimate of drug-likeness (QED) is 0.540. The van der Waals surface area contributed by atoms with Gasteiger partial charge in [0.15, 0.2) is 0 Å². The third-order valence-electron chi connectivity index (χ3n) is 7.67. The number of hydrogen-bond acceptors (Lipinski definition) is 5. The Morgan fingerprint density at radius 3 is 2.45 bits per heavy atom. The molecule has 4 rings (SSSR count). The van der Waals surface area contributed by atoms with Crippen molar-refractivity contribution in [3.8, 4) is 0 Å². The molecule has 0 radical (unpaired) electrons. The molecule has 2 aliphatic heterocycles. The van der Waals surface area contributed by atoms with Gasteiger partial charge in [0.05, 0.1) is 18.6 Å². The second-order valence-electron chi connectivity index (χ2n) is 10.6. The summed E-state index contributed by atoms with van der Waals surface area (Å²) in [6.07, 6.45) is 0.433. The smallest absolute Gasteiger partial charge is 0.245 e. The first kappa shape index (κ1) is 23.7. The fourth-order valence-corrected chi connectivity index (χ4v) is 5.19. The molecule has 8 heteroatoms. The van der Waals surface area contributed by atoms with Gasteiger partial charge in [0.2, 0.25) is 17.7 Å². The number of nitrogens with one attached hydrogen (secondary N) is 3. The molecular weight excluding hydrogens is 420 g/mol. The van der Waals surface area contributed by atoms with Crippen LogP contribution in [0.25, 0.3) is 0 Å². The summed E-state index contributed by atoms with van der Waals surface area (Å²) in [6, 6.07) is 8.93. The topological polar surface area (TPSA) is 99.8 Å². The molecule has 1 aromatic rings. The van der Waals surface area contributed by atoms with Crippen LogP contribution < -0.4 is 16.0 Å². The van der Waals surface area contributed by atoms with Crippen LogP contribution in [-0.4, -0.2) is 68.0 Å². The minimum absolute atomic E-state index is 0.0984. The van der Waals surface area contributed by atoms with Crippen molar-refractivity contribution in [2.45, 2.75) is 45.9 Å². The molecule has 3 amide bonds. The minimum Gasteiger partial charge on any atom is -0.371 e. The van der Waals surface area contributed by atoms with Gasteiger partial charge in [-0.25, -0.2) is 0 Å². The van der Waals surface area contributed by atoms with Crippen LogP contribution in [0.3, 0.4) is 0 Å². The number of amides is 3. The number of benzene rings is 1. The molecule has 0 aromatic heterocycles. The van der Waals surface area contributed by atoms with E-state index in [1.165, 1.54) is 0 Å². The lowest BCUT2D eigenvalue weighted by Crippen LogP contribution is -2.65. The average molecular weight is 457 g/mol. The van der Waals surface area contributed by atoms with Gasteiger partial charge in [0, 0.05) is 44.6 Å². The monoisotopic (exact) mass is 456 g/mol. The Balaban J connectivity index is 1.36. The molecule has 3 fully saturated rings. The summed E-state index contributed by atoms with van der Waals surface area (Å²) in [5, 5.41) is 8.91. The second-order valence-corrected chi connectivity index (χ2v) is 10.6. The summed E-state index contributed by atoms with van der Waals surface area (Å²) in [6.45, 7) is 8.83. The second kappa shape index (κ2) is 9.06. The number of hydrogen-bond donors (Lipinski definition) is 3. The van der Waals surface area contributed by atoms with E-state index in [4.69, 9.17) is 4.74 Å². The zero-order valence-corrected chi connectivity index (χ0v) is 20.0. The molecule has 1 spiro atoms. The predicted molar refractivity (Wildman–Crippen MR) is 124 cm³/mol. The number of carbonyl (C=O) groups excluding carboxylic acids is 3. The van der Waals surface area contributed by atoms with Gasteiger partial charge in [-0.15, -0.1) is 0 Å². The van der Waals surface area contributed by atoms with Gasteiger partial charge in [-0.1, -0.05) is 44.2 Å². The summed E-state index contributed by atoms with van der Waals surface area (Å²) >= 11 is 0. The van der Waals surface area contributed by atoms with Crippen LogP contribution in [0.2, 0.25) is 0 Å². The van der Waals surface area contributed by atoms with Crippen LogP contribution in [-0.2, 0) is 25.7 Å². The third-order valence-corrected chi connectivity index (χ3v) is 7.67. The number of likely N-dealkylation sites (tertiary alicyclic amines) is 1. The van der Waals surface area contributed by atoms with Gasteiger partial charge in [0.1, 0.15) is 6.04 Å². The Morgan fingerprint density at radius 2 is 1.85 bits per heavy atom. The van der Waals surface area contributed by atoms with Crippen LogP contribution in [0.1, 0.15) is 32.8 Å². The van der Waals surface area contributed by atoms with Gasteiger partial charge in [0.25, 0.3) is 0 Å². The van der Waals surface area contributed by atoms with E-state index < -0.39 is 12.1 Å². The third kappa shape index (κ3) is 4.77. The van der Waals surface area contributed by atoms with E-state index in [1.807, 2.05) is 35.2 Å². The first-order chi connectivity index (χ1) is 15.7. The van der Waals surface area contributed by atoms with Gasteiger partial charge in [-0.2, -0.15) is 0 Å². The highest BCUT2D eigenvalue weighted by molar-refractivity contribution is 5.90. The number of nitrogens with zero attached hydrogens (tertiary/aromatic N) is 1. The zero-order chi connectivity index (χ0) is 23.8. The molecule has 3 N–H and O–H groups in total. The molecule has 1 aromatic carbocycles. The van der Waals surface area contributed by atoms with Crippen molar-refractivity contribution in [2.24, 2.45) is 22.7 Å². The molecule has 1 aliphatic carbocycles. The Morgan fingerprint density at radius 1 is 1.18 bits per heavy atom. The lowest BCUT2D eigenvalue weighted by molar-refractivity contribution is -0.152. The molecule has 180 valence electrons. The van der Waals surface area contributed by atoms with E-state index >= 15 is 0 Å². The fourth-order valence-electron chi connectivity index (χ4n) is 5.19. The minimum atomic E-state index is -0.797. The Labute approximate surface area is 195 Å². The molecule has 4 unspecified atom stereocenters. The van der Waals surface area contributed by atoms with Gasteiger partial charge in [-0.3, -0.25) is 14.4 Å². The molecule has 8 nitrogen and oxygen atoms in total. The molecule has 2 saturated heterocycles. The lowest BCUT2D eigenvalue weighted by Gasteiger charge is -2.50. The summed E-state index contributed by atoms with van der Waals surface area (Å²) in [5.41, 5.74) is 0.838. The van der Waals surface area contributed by atoms with Crippen molar-refractivity contribution >= 4 is 17.7 Å².